The number of nitrogens with zero attached hydrogens (tertiary/aromatic N) is 1. The Labute approximate surface area is 141 Å². The van der Waals surface area contributed by atoms with Gasteiger partial charge in [-0.25, -0.2) is 0 Å². The molecular weight excluding hydrogens is 308 g/mol. The minimum Gasteiger partial charge on any atom is -0.481 e. The van der Waals surface area contributed by atoms with Gasteiger partial charge in [0, 0.05) is 31.6 Å². The number of carboxylic acid groups (broad SMARTS) is 1. The first-order valence-electron chi connectivity index (χ1n) is 8.26. The number of carbonyl (C=O) groups is 3. The Hall–Kier alpha value is -2.37. The van der Waals surface area contributed by atoms with Crippen LogP contribution in [0.1, 0.15) is 36.8 Å². The molecule has 1 aliphatic rings. The van der Waals surface area contributed by atoms with Crippen molar-refractivity contribution in [1.29, 1.82) is 0 Å². The van der Waals surface area contributed by atoms with Crippen LogP contribution < -0.4 is 10.2 Å². The third-order valence-electron chi connectivity index (χ3n) is 4.48. The smallest absolute Gasteiger partial charge is 0.303 e. The molecule has 2 N–H and O–H groups in total. The van der Waals surface area contributed by atoms with Crippen molar-refractivity contribution in [3.63, 3.8) is 0 Å². The lowest BCUT2D eigenvalue weighted by atomic mass is 10.1. The van der Waals surface area contributed by atoms with Gasteiger partial charge >= 0.3 is 5.97 Å². The van der Waals surface area contributed by atoms with Crippen LogP contribution in [0.4, 0.5) is 5.69 Å². The van der Waals surface area contributed by atoms with E-state index in [4.69, 9.17) is 5.11 Å². The van der Waals surface area contributed by atoms with Gasteiger partial charge in [0.2, 0.25) is 11.8 Å². The number of carboxylic acids is 1. The van der Waals surface area contributed by atoms with Crippen LogP contribution in [0.25, 0.3) is 0 Å². The van der Waals surface area contributed by atoms with Crippen LogP contribution in [-0.4, -0.2) is 36.0 Å². The lowest BCUT2D eigenvalue weighted by Crippen LogP contribution is -2.33. The van der Waals surface area contributed by atoms with Gasteiger partial charge in [0.25, 0.3) is 0 Å². The largest absolute Gasteiger partial charge is 0.481 e. The molecule has 1 fully saturated rings. The van der Waals surface area contributed by atoms with E-state index in [2.05, 4.69) is 5.32 Å². The van der Waals surface area contributed by atoms with Crippen molar-refractivity contribution in [3.8, 4) is 0 Å². The van der Waals surface area contributed by atoms with Gasteiger partial charge in [0.1, 0.15) is 0 Å². The fourth-order valence-corrected chi connectivity index (χ4v) is 2.90. The van der Waals surface area contributed by atoms with Crippen molar-refractivity contribution in [1.82, 2.24) is 5.32 Å². The van der Waals surface area contributed by atoms with Gasteiger partial charge < -0.3 is 15.3 Å². The SMILES string of the molecule is Cc1cccc(N2CC(C(=O)NCCCCC(=O)O)CC2=O)c1C. The fourth-order valence-electron chi connectivity index (χ4n) is 2.90. The van der Waals surface area contributed by atoms with Crippen molar-refractivity contribution >= 4 is 23.5 Å². The Kier molecular flexibility index (Phi) is 5.95. The van der Waals surface area contributed by atoms with E-state index in [1.807, 2.05) is 32.0 Å². The lowest BCUT2D eigenvalue weighted by Gasteiger charge is -2.20. The first kappa shape index (κ1) is 18.0. The van der Waals surface area contributed by atoms with Crippen LogP contribution in [0.5, 0.6) is 0 Å². The number of anilines is 1. The molecule has 0 aromatic heterocycles. The summed E-state index contributed by atoms with van der Waals surface area (Å²) in [6, 6.07) is 5.83. The molecule has 6 heteroatoms. The van der Waals surface area contributed by atoms with E-state index in [0.717, 1.165) is 16.8 Å². The molecule has 130 valence electrons. The van der Waals surface area contributed by atoms with Crippen LogP contribution in [0.15, 0.2) is 18.2 Å². The van der Waals surface area contributed by atoms with E-state index in [-0.39, 0.29) is 30.6 Å². The molecule has 0 spiro atoms. The number of amides is 2. The summed E-state index contributed by atoms with van der Waals surface area (Å²) in [5.74, 6) is -1.34. The van der Waals surface area contributed by atoms with Gasteiger partial charge in [0.15, 0.2) is 0 Å². The normalized spacial score (nSPS) is 17.2. The first-order chi connectivity index (χ1) is 11.4. The van der Waals surface area contributed by atoms with Gasteiger partial charge in [-0.15, -0.1) is 0 Å². The highest BCUT2D eigenvalue weighted by Gasteiger charge is 2.35. The molecule has 6 nitrogen and oxygen atoms in total. The summed E-state index contributed by atoms with van der Waals surface area (Å²) in [4.78, 5) is 36.6. The molecule has 2 rings (SSSR count). The van der Waals surface area contributed by atoms with Crippen molar-refractivity contribution in [3.05, 3.63) is 29.3 Å². The molecule has 0 bridgehead atoms. The highest BCUT2D eigenvalue weighted by molar-refractivity contribution is 6.00. The second-order valence-corrected chi connectivity index (χ2v) is 6.27. The summed E-state index contributed by atoms with van der Waals surface area (Å²) in [5, 5.41) is 11.4. The summed E-state index contributed by atoms with van der Waals surface area (Å²) < 4.78 is 0. The second kappa shape index (κ2) is 7.95. The molecule has 1 aromatic rings. The van der Waals surface area contributed by atoms with E-state index >= 15 is 0 Å². The first-order valence-corrected chi connectivity index (χ1v) is 8.26. The third-order valence-corrected chi connectivity index (χ3v) is 4.48. The van der Waals surface area contributed by atoms with Crippen molar-refractivity contribution in [2.75, 3.05) is 18.0 Å². The predicted octanol–water partition coefficient (Wildman–Crippen LogP) is 2.03. The van der Waals surface area contributed by atoms with Crippen LogP contribution in [0.3, 0.4) is 0 Å². The van der Waals surface area contributed by atoms with Gasteiger partial charge in [-0.2, -0.15) is 0 Å². The highest BCUT2D eigenvalue weighted by atomic mass is 16.4. The zero-order chi connectivity index (χ0) is 17.7. The molecule has 1 heterocycles. The van der Waals surface area contributed by atoms with Gasteiger partial charge in [-0.1, -0.05) is 12.1 Å². The van der Waals surface area contributed by atoms with E-state index in [9.17, 15) is 14.4 Å². The summed E-state index contributed by atoms with van der Waals surface area (Å²) in [6.45, 7) is 4.82. The maximum absolute atomic E-state index is 12.3. The molecule has 1 saturated heterocycles. The van der Waals surface area contributed by atoms with Crippen molar-refractivity contribution in [2.45, 2.75) is 39.5 Å². The van der Waals surface area contributed by atoms with Crippen LogP contribution >= 0.6 is 0 Å². The van der Waals surface area contributed by atoms with Crippen LogP contribution in [-0.2, 0) is 14.4 Å². The number of benzene rings is 1. The van der Waals surface area contributed by atoms with Gasteiger partial charge in [0.05, 0.1) is 5.92 Å². The van der Waals surface area contributed by atoms with Crippen LogP contribution in [0.2, 0.25) is 0 Å². The molecule has 1 aliphatic heterocycles. The maximum atomic E-state index is 12.3. The number of aliphatic carboxylic acids is 1. The molecule has 24 heavy (non-hydrogen) atoms. The Morgan fingerprint density at radius 1 is 1.29 bits per heavy atom. The summed E-state index contributed by atoms with van der Waals surface area (Å²) in [7, 11) is 0. The number of rotatable bonds is 7. The predicted molar refractivity (Wildman–Crippen MR) is 90.9 cm³/mol. The van der Waals surface area contributed by atoms with Crippen molar-refractivity contribution < 1.29 is 19.5 Å². The zero-order valence-electron chi connectivity index (χ0n) is 14.2. The second-order valence-electron chi connectivity index (χ2n) is 6.27. The van der Waals surface area contributed by atoms with E-state index < -0.39 is 5.97 Å². The monoisotopic (exact) mass is 332 g/mol. The molecule has 1 atom stereocenters. The number of unbranched alkanes of at least 4 members (excludes halogenated alkanes) is 1. The minimum absolute atomic E-state index is 0.0327. The average Bonchev–Trinajstić information content (AvgIpc) is 2.91. The quantitative estimate of drug-likeness (QED) is 0.748. The molecule has 0 aliphatic carbocycles. The van der Waals surface area contributed by atoms with E-state index in [1.165, 1.54) is 0 Å². The van der Waals surface area contributed by atoms with E-state index in [1.54, 1.807) is 4.90 Å². The standard InChI is InChI=1S/C18H24N2O4/c1-12-6-5-7-15(13(12)2)20-11-14(10-16(20)21)18(24)19-9-4-3-8-17(22)23/h5-7,14H,3-4,8-11H2,1-2H3,(H,19,24)(H,22,23). The molecule has 1 aromatic carbocycles. The van der Waals surface area contributed by atoms with E-state index in [0.29, 0.717) is 25.9 Å². The molecule has 1 unspecified atom stereocenters. The Morgan fingerprint density at radius 2 is 2.04 bits per heavy atom. The molecular formula is C18H24N2O4. The summed E-state index contributed by atoms with van der Waals surface area (Å²) >= 11 is 0. The number of hydrogen-bond donors (Lipinski definition) is 2. The maximum Gasteiger partial charge on any atom is 0.303 e. The minimum atomic E-state index is -0.827. The lowest BCUT2D eigenvalue weighted by molar-refractivity contribution is -0.137. The topological polar surface area (TPSA) is 86.7 Å². The van der Waals surface area contributed by atoms with Gasteiger partial charge in [-0.3, -0.25) is 14.4 Å². The highest BCUT2D eigenvalue weighted by Crippen LogP contribution is 2.29. The molecule has 2 amide bonds. The average molecular weight is 332 g/mol. The third kappa shape index (κ3) is 4.34. The Bertz CT molecular complexity index is 642. The summed E-state index contributed by atoms with van der Waals surface area (Å²) in [6.07, 6.45) is 1.49. The Morgan fingerprint density at radius 3 is 2.75 bits per heavy atom. The fraction of sp³-hybridized carbons (Fsp3) is 0.500. The number of hydrogen-bond acceptors (Lipinski definition) is 3. The number of nitrogens with one attached hydrogen (secondary N) is 1. The van der Waals surface area contributed by atoms with Crippen LogP contribution in [0, 0.1) is 19.8 Å². The molecule has 0 radical (unpaired) electrons. The number of aryl methyl sites for hydroxylation is 1. The summed E-state index contributed by atoms with van der Waals surface area (Å²) in [5.41, 5.74) is 3.05. The van der Waals surface area contributed by atoms with Crippen molar-refractivity contribution in [2.24, 2.45) is 5.92 Å². The molecule has 0 saturated carbocycles. The van der Waals surface area contributed by atoms with Gasteiger partial charge in [-0.05, 0) is 43.9 Å². The zero-order valence-corrected chi connectivity index (χ0v) is 14.2. The number of carbonyl (C=O) groups excluding carboxylic acids is 2. The Balaban J connectivity index is 1.88.